The van der Waals surface area contributed by atoms with Crippen molar-refractivity contribution in [3.8, 4) is 0 Å². The number of hydrogen-bond acceptors (Lipinski definition) is 2. The fourth-order valence-electron chi connectivity index (χ4n) is 2.18. The zero-order valence-corrected chi connectivity index (χ0v) is 12.8. The Balaban J connectivity index is 1.98. The summed E-state index contributed by atoms with van der Waals surface area (Å²) in [6, 6.07) is 16.8. The first-order chi connectivity index (χ1) is 9.70. The smallest absolute Gasteiger partial charge is 0.0471 e. The predicted molar refractivity (Wildman–Crippen MR) is 87.6 cm³/mol. The van der Waals surface area contributed by atoms with Crippen molar-refractivity contribution in [3.05, 3.63) is 64.7 Å². The number of halogens is 1. The molecule has 2 aromatic carbocycles. The molecule has 0 radical (unpaired) electrons. The lowest BCUT2D eigenvalue weighted by atomic mass is 10.1. The molecule has 0 aliphatic rings. The molecular formula is C17H21ClN2. The molecule has 0 atom stereocenters. The van der Waals surface area contributed by atoms with Crippen LogP contribution in [0.15, 0.2) is 48.5 Å². The average Bonchev–Trinajstić information content (AvgIpc) is 2.48. The van der Waals surface area contributed by atoms with Crippen molar-refractivity contribution >= 4 is 17.3 Å². The van der Waals surface area contributed by atoms with Gasteiger partial charge >= 0.3 is 0 Å². The van der Waals surface area contributed by atoms with Gasteiger partial charge in [0, 0.05) is 30.8 Å². The van der Waals surface area contributed by atoms with Crippen molar-refractivity contribution < 1.29 is 0 Å². The molecule has 0 fully saturated rings. The number of benzene rings is 2. The molecule has 3 heteroatoms. The van der Waals surface area contributed by atoms with E-state index >= 15 is 0 Å². The predicted octanol–water partition coefficient (Wildman–Crippen LogP) is 3.74. The highest BCUT2D eigenvalue weighted by Crippen LogP contribution is 2.23. The minimum absolute atomic E-state index is 0.798. The summed E-state index contributed by atoms with van der Waals surface area (Å²) in [5.74, 6) is 0. The van der Waals surface area contributed by atoms with Gasteiger partial charge in [-0.2, -0.15) is 0 Å². The summed E-state index contributed by atoms with van der Waals surface area (Å²) in [5.41, 5.74) is 3.65. The van der Waals surface area contributed by atoms with Crippen LogP contribution in [0.4, 0.5) is 5.69 Å². The highest BCUT2D eigenvalue weighted by molar-refractivity contribution is 6.31. The van der Waals surface area contributed by atoms with Gasteiger partial charge in [0.05, 0.1) is 0 Å². The van der Waals surface area contributed by atoms with E-state index in [1.807, 2.05) is 19.2 Å². The molecule has 2 nitrogen and oxygen atoms in total. The van der Waals surface area contributed by atoms with Crippen molar-refractivity contribution in [2.24, 2.45) is 0 Å². The van der Waals surface area contributed by atoms with Gasteiger partial charge in [-0.3, -0.25) is 0 Å². The zero-order valence-electron chi connectivity index (χ0n) is 12.1. The van der Waals surface area contributed by atoms with Gasteiger partial charge in [0.15, 0.2) is 0 Å². The van der Waals surface area contributed by atoms with Crippen LogP contribution in [0, 0.1) is 0 Å². The van der Waals surface area contributed by atoms with Crippen LogP contribution in [0.5, 0.6) is 0 Å². The van der Waals surface area contributed by atoms with E-state index in [0.29, 0.717) is 0 Å². The van der Waals surface area contributed by atoms with E-state index in [1.54, 1.807) is 0 Å². The van der Waals surface area contributed by atoms with Crippen LogP contribution in [-0.4, -0.2) is 20.6 Å². The van der Waals surface area contributed by atoms with Gasteiger partial charge in [-0.1, -0.05) is 48.0 Å². The normalized spacial score (nSPS) is 10.6. The van der Waals surface area contributed by atoms with Gasteiger partial charge in [0.2, 0.25) is 0 Å². The quantitative estimate of drug-likeness (QED) is 0.871. The molecule has 0 heterocycles. The Kier molecular flexibility index (Phi) is 5.45. The molecule has 0 bridgehead atoms. The maximum absolute atomic E-state index is 6.30. The van der Waals surface area contributed by atoms with Crippen molar-refractivity contribution in [2.75, 3.05) is 25.5 Å². The Morgan fingerprint density at radius 1 is 1.10 bits per heavy atom. The van der Waals surface area contributed by atoms with Gasteiger partial charge in [0.25, 0.3) is 0 Å². The monoisotopic (exact) mass is 288 g/mol. The third kappa shape index (κ3) is 3.99. The molecule has 0 unspecified atom stereocenters. The second-order valence-electron chi connectivity index (χ2n) is 4.96. The van der Waals surface area contributed by atoms with Crippen LogP contribution in [0.2, 0.25) is 5.02 Å². The lowest BCUT2D eigenvalue weighted by molar-refractivity contribution is 0.817. The number of rotatable bonds is 6. The maximum Gasteiger partial charge on any atom is 0.0471 e. The average molecular weight is 289 g/mol. The second-order valence-corrected chi connectivity index (χ2v) is 5.37. The lowest BCUT2D eigenvalue weighted by Crippen LogP contribution is -2.20. The third-order valence-electron chi connectivity index (χ3n) is 3.42. The van der Waals surface area contributed by atoms with Crippen LogP contribution in [0.25, 0.3) is 0 Å². The van der Waals surface area contributed by atoms with E-state index in [2.05, 4.69) is 53.7 Å². The molecule has 0 saturated carbocycles. The molecule has 106 valence electrons. The first-order valence-electron chi connectivity index (χ1n) is 6.89. The Hall–Kier alpha value is -1.51. The third-order valence-corrected chi connectivity index (χ3v) is 3.78. The van der Waals surface area contributed by atoms with Crippen LogP contribution in [-0.2, 0) is 13.0 Å². The van der Waals surface area contributed by atoms with E-state index in [0.717, 1.165) is 35.8 Å². The largest absolute Gasteiger partial charge is 0.374 e. The van der Waals surface area contributed by atoms with Gasteiger partial charge < -0.3 is 10.2 Å². The van der Waals surface area contributed by atoms with E-state index in [4.69, 9.17) is 11.6 Å². The van der Waals surface area contributed by atoms with E-state index in [-0.39, 0.29) is 0 Å². The first-order valence-corrected chi connectivity index (χ1v) is 7.26. The van der Waals surface area contributed by atoms with Crippen LogP contribution in [0.1, 0.15) is 11.1 Å². The van der Waals surface area contributed by atoms with Crippen LogP contribution >= 0.6 is 11.6 Å². The topological polar surface area (TPSA) is 15.3 Å². The van der Waals surface area contributed by atoms with E-state index < -0.39 is 0 Å². The molecular weight excluding hydrogens is 268 g/mol. The summed E-state index contributed by atoms with van der Waals surface area (Å²) in [7, 11) is 4.03. The Labute approximate surface area is 126 Å². The second kappa shape index (κ2) is 7.32. The van der Waals surface area contributed by atoms with Gasteiger partial charge in [-0.15, -0.1) is 0 Å². The van der Waals surface area contributed by atoms with Crippen LogP contribution in [0.3, 0.4) is 0 Å². The Morgan fingerprint density at radius 3 is 2.50 bits per heavy atom. The molecule has 1 N–H and O–H groups in total. The van der Waals surface area contributed by atoms with Gasteiger partial charge in [-0.05, 0) is 36.7 Å². The lowest BCUT2D eigenvalue weighted by Gasteiger charge is -2.20. The molecule has 2 aromatic rings. The fourth-order valence-corrected chi connectivity index (χ4v) is 2.42. The number of nitrogens with one attached hydrogen (secondary N) is 1. The zero-order chi connectivity index (χ0) is 14.4. The number of nitrogens with zero attached hydrogens (tertiary/aromatic N) is 1. The summed E-state index contributed by atoms with van der Waals surface area (Å²) in [6.45, 7) is 1.78. The minimum atomic E-state index is 0.798. The maximum atomic E-state index is 6.30. The molecule has 0 amide bonds. The number of likely N-dealkylation sites (N-methyl/N-ethyl adjacent to an activating group) is 1. The van der Waals surface area contributed by atoms with Crippen molar-refractivity contribution in [2.45, 2.75) is 13.0 Å². The molecule has 0 aliphatic carbocycles. The molecule has 0 saturated heterocycles. The fraction of sp³-hybridized carbons (Fsp3) is 0.294. The van der Waals surface area contributed by atoms with Crippen LogP contribution < -0.4 is 10.2 Å². The number of anilines is 1. The SMILES string of the molecule is CNCc1ccc(N(C)CCc2ccccc2)cc1Cl. The summed E-state index contributed by atoms with van der Waals surface area (Å²) < 4.78 is 0. The molecule has 0 spiro atoms. The van der Waals surface area contributed by atoms with E-state index in [1.165, 1.54) is 5.56 Å². The molecule has 0 aromatic heterocycles. The summed E-state index contributed by atoms with van der Waals surface area (Å²) in [4.78, 5) is 2.24. The van der Waals surface area contributed by atoms with Crippen molar-refractivity contribution in [3.63, 3.8) is 0 Å². The minimum Gasteiger partial charge on any atom is -0.374 e. The highest BCUT2D eigenvalue weighted by Gasteiger charge is 2.05. The summed E-state index contributed by atoms with van der Waals surface area (Å²) in [5, 5.41) is 3.94. The molecule has 2 rings (SSSR count). The van der Waals surface area contributed by atoms with Crippen molar-refractivity contribution in [1.82, 2.24) is 5.32 Å². The van der Waals surface area contributed by atoms with Crippen molar-refractivity contribution in [1.29, 1.82) is 0 Å². The van der Waals surface area contributed by atoms with E-state index in [9.17, 15) is 0 Å². The standard InChI is InChI=1S/C17H21ClN2/c1-19-13-15-8-9-16(12-17(15)18)20(2)11-10-14-6-4-3-5-7-14/h3-9,12,19H,10-11,13H2,1-2H3. The van der Waals surface area contributed by atoms with Gasteiger partial charge in [-0.25, -0.2) is 0 Å². The summed E-state index contributed by atoms with van der Waals surface area (Å²) in [6.07, 6.45) is 1.03. The first kappa shape index (κ1) is 14.9. The number of hydrogen-bond donors (Lipinski definition) is 1. The molecule has 20 heavy (non-hydrogen) atoms. The highest BCUT2D eigenvalue weighted by atomic mass is 35.5. The Bertz CT molecular complexity index is 540. The molecule has 0 aliphatic heterocycles. The van der Waals surface area contributed by atoms with Gasteiger partial charge in [0.1, 0.15) is 0 Å². The Morgan fingerprint density at radius 2 is 1.85 bits per heavy atom. The summed E-state index contributed by atoms with van der Waals surface area (Å²) >= 11 is 6.30.